The number of benzene rings is 1. The zero-order valence-electron chi connectivity index (χ0n) is 10.8. The monoisotopic (exact) mass is 242 g/mol. The first kappa shape index (κ1) is 12.6. The number of carbonyl (C=O) groups excluding carboxylic acids is 1. The van der Waals surface area contributed by atoms with Crippen molar-refractivity contribution in [1.29, 1.82) is 0 Å². The highest BCUT2D eigenvalue weighted by Crippen LogP contribution is 2.29. The Labute approximate surface area is 108 Å². The van der Waals surface area contributed by atoms with E-state index in [0.717, 1.165) is 24.0 Å². The Morgan fingerprint density at radius 2 is 1.89 bits per heavy atom. The molecule has 1 heterocycles. The number of hydrazone groups is 1. The Bertz CT molecular complexity index is 482. The highest BCUT2D eigenvalue weighted by atomic mass is 16.1. The molecule has 0 saturated carbocycles. The van der Waals surface area contributed by atoms with Crippen LogP contribution in [0.4, 0.5) is 0 Å². The Kier molecular flexibility index (Phi) is 3.92. The fourth-order valence-electron chi connectivity index (χ4n) is 2.34. The number of nitrogens with zero attached hydrogens (tertiary/aromatic N) is 1. The SMILES string of the molecule is CCC(CC)=C1C(=O)C=NNC1c1ccccc1. The molecular weight excluding hydrogens is 224 g/mol. The van der Waals surface area contributed by atoms with Crippen LogP contribution >= 0.6 is 0 Å². The Hall–Kier alpha value is -1.90. The van der Waals surface area contributed by atoms with Gasteiger partial charge in [-0.25, -0.2) is 0 Å². The van der Waals surface area contributed by atoms with Gasteiger partial charge in [0.25, 0.3) is 0 Å². The number of ketones is 1. The smallest absolute Gasteiger partial charge is 0.204 e. The Morgan fingerprint density at radius 1 is 1.22 bits per heavy atom. The molecule has 1 unspecified atom stereocenters. The zero-order chi connectivity index (χ0) is 13.0. The first-order valence-electron chi connectivity index (χ1n) is 6.37. The molecule has 0 bridgehead atoms. The molecule has 2 rings (SSSR count). The van der Waals surface area contributed by atoms with Gasteiger partial charge in [0.1, 0.15) is 0 Å². The lowest BCUT2D eigenvalue weighted by Crippen LogP contribution is -2.29. The third-order valence-electron chi connectivity index (χ3n) is 3.31. The Balaban J connectivity index is 2.48. The standard InChI is InChI=1S/C15H18N2O/c1-3-11(4-2)14-13(18)10-16-17-15(14)12-8-6-5-7-9-12/h5-10,15,17H,3-4H2,1-2H3. The third-order valence-corrected chi connectivity index (χ3v) is 3.31. The Morgan fingerprint density at radius 3 is 2.50 bits per heavy atom. The minimum atomic E-state index is -0.112. The van der Waals surface area contributed by atoms with Crippen molar-refractivity contribution in [2.45, 2.75) is 32.7 Å². The largest absolute Gasteiger partial charge is 0.298 e. The van der Waals surface area contributed by atoms with Gasteiger partial charge in [-0.3, -0.25) is 10.2 Å². The van der Waals surface area contributed by atoms with E-state index in [2.05, 4.69) is 24.4 Å². The zero-order valence-corrected chi connectivity index (χ0v) is 10.8. The van der Waals surface area contributed by atoms with Gasteiger partial charge in [0, 0.05) is 5.57 Å². The van der Waals surface area contributed by atoms with Crippen LogP contribution in [0.15, 0.2) is 46.6 Å². The summed E-state index contributed by atoms with van der Waals surface area (Å²) in [6, 6.07) is 9.87. The van der Waals surface area contributed by atoms with Crippen molar-refractivity contribution in [2.75, 3.05) is 0 Å². The van der Waals surface area contributed by atoms with Gasteiger partial charge in [0.2, 0.25) is 5.78 Å². The molecule has 0 amide bonds. The normalized spacial score (nSPS) is 18.7. The topological polar surface area (TPSA) is 41.5 Å². The number of allylic oxidation sites excluding steroid dienone is 1. The number of nitrogens with one attached hydrogen (secondary N) is 1. The van der Waals surface area contributed by atoms with Gasteiger partial charge in [-0.15, -0.1) is 0 Å². The van der Waals surface area contributed by atoms with Crippen LogP contribution in [0, 0.1) is 0 Å². The van der Waals surface area contributed by atoms with Crippen LogP contribution in [0.3, 0.4) is 0 Å². The summed E-state index contributed by atoms with van der Waals surface area (Å²) in [5.41, 5.74) is 6.20. The molecule has 0 radical (unpaired) electrons. The van der Waals surface area contributed by atoms with Crippen LogP contribution in [0.5, 0.6) is 0 Å². The van der Waals surface area contributed by atoms with Crippen LogP contribution in [0.2, 0.25) is 0 Å². The summed E-state index contributed by atoms with van der Waals surface area (Å²) in [5.74, 6) is 0.0290. The molecule has 1 aromatic rings. The predicted molar refractivity (Wildman–Crippen MR) is 73.4 cm³/mol. The predicted octanol–water partition coefficient (Wildman–Crippen LogP) is 3.00. The van der Waals surface area contributed by atoms with Gasteiger partial charge in [0.05, 0.1) is 12.3 Å². The van der Waals surface area contributed by atoms with E-state index in [4.69, 9.17) is 0 Å². The second kappa shape index (κ2) is 5.63. The quantitative estimate of drug-likeness (QED) is 0.828. The first-order valence-corrected chi connectivity index (χ1v) is 6.37. The van der Waals surface area contributed by atoms with Gasteiger partial charge in [-0.2, -0.15) is 5.10 Å². The van der Waals surface area contributed by atoms with E-state index >= 15 is 0 Å². The second-order valence-corrected chi connectivity index (χ2v) is 4.32. The van der Waals surface area contributed by atoms with Crippen LogP contribution in [-0.4, -0.2) is 12.0 Å². The van der Waals surface area contributed by atoms with Gasteiger partial charge in [0.15, 0.2) is 0 Å². The molecule has 0 aliphatic carbocycles. The number of hydrogen-bond donors (Lipinski definition) is 1. The van der Waals surface area contributed by atoms with E-state index in [1.165, 1.54) is 11.8 Å². The van der Waals surface area contributed by atoms with Crippen LogP contribution < -0.4 is 5.43 Å². The van der Waals surface area contributed by atoms with Crippen molar-refractivity contribution in [3.63, 3.8) is 0 Å². The highest BCUT2D eigenvalue weighted by Gasteiger charge is 2.26. The minimum Gasteiger partial charge on any atom is -0.298 e. The molecule has 3 nitrogen and oxygen atoms in total. The second-order valence-electron chi connectivity index (χ2n) is 4.32. The van der Waals surface area contributed by atoms with Gasteiger partial charge in [-0.05, 0) is 18.4 Å². The molecule has 1 aliphatic heterocycles. The molecule has 1 atom stereocenters. The van der Waals surface area contributed by atoms with Crippen molar-refractivity contribution in [3.8, 4) is 0 Å². The summed E-state index contributed by atoms with van der Waals surface area (Å²) >= 11 is 0. The maximum absolute atomic E-state index is 12.1. The molecule has 0 fully saturated rings. The molecule has 0 saturated heterocycles. The van der Waals surface area contributed by atoms with Crippen molar-refractivity contribution in [2.24, 2.45) is 5.10 Å². The number of Topliss-reactive ketones (excluding diaryl/α,β-unsaturated/α-hetero) is 1. The first-order chi connectivity index (χ1) is 8.77. The van der Waals surface area contributed by atoms with E-state index in [9.17, 15) is 4.79 Å². The lowest BCUT2D eigenvalue weighted by molar-refractivity contribution is -0.110. The summed E-state index contributed by atoms with van der Waals surface area (Å²) in [7, 11) is 0. The lowest BCUT2D eigenvalue weighted by Gasteiger charge is -2.24. The molecular formula is C15H18N2O. The molecule has 1 aliphatic rings. The van der Waals surface area contributed by atoms with E-state index in [1.807, 2.05) is 30.3 Å². The third kappa shape index (κ3) is 2.35. The summed E-state index contributed by atoms with van der Waals surface area (Å²) < 4.78 is 0. The fourth-order valence-corrected chi connectivity index (χ4v) is 2.34. The molecule has 0 spiro atoms. The van der Waals surface area contributed by atoms with Crippen molar-refractivity contribution < 1.29 is 4.79 Å². The van der Waals surface area contributed by atoms with E-state index in [0.29, 0.717) is 0 Å². The van der Waals surface area contributed by atoms with Crippen molar-refractivity contribution >= 4 is 12.0 Å². The summed E-state index contributed by atoms with van der Waals surface area (Å²) in [6.45, 7) is 4.18. The molecule has 1 N–H and O–H groups in total. The van der Waals surface area contributed by atoms with E-state index in [-0.39, 0.29) is 11.8 Å². The van der Waals surface area contributed by atoms with Gasteiger partial charge >= 0.3 is 0 Å². The maximum Gasteiger partial charge on any atom is 0.204 e. The molecule has 94 valence electrons. The van der Waals surface area contributed by atoms with Crippen LogP contribution in [-0.2, 0) is 4.79 Å². The summed E-state index contributed by atoms with van der Waals surface area (Å²) in [4.78, 5) is 12.1. The van der Waals surface area contributed by atoms with Crippen molar-refractivity contribution in [1.82, 2.24) is 5.43 Å². The summed E-state index contributed by atoms with van der Waals surface area (Å²) in [6.07, 6.45) is 3.17. The molecule has 3 heteroatoms. The number of hydrogen-bond acceptors (Lipinski definition) is 3. The van der Waals surface area contributed by atoms with Crippen LogP contribution in [0.1, 0.15) is 38.3 Å². The maximum atomic E-state index is 12.1. The fraction of sp³-hybridized carbons (Fsp3) is 0.333. The highest BCUT2D eigenvalue weighted by molar-refractivity contribution is 6.36. The van der Waals surface area contributed by atoms with Crippen molar-refractivity contribution in [3.05, 3.63) is 47.0 Å². The number of rotatable bonds is 3. The molecule has 1 aromatic carbocycles. The number of carbonyl (C=O) groups is 1. The van der Waals surface area contributed by atoms with E-state index < -0.39 is 0 Å². The van der Waals surface area contributed by atoms with Gasteiger partial charge < -0.3 is 0 Å². The molecule has 18 heavy (non-hydrogen) atoms. The lowest BCUT2D eigenvalue weighted by atomic mass is 9.89. The average molecular weight is 242 g/mol. The van der Waals surface area contributed by atoms with Gasteiger partial charge in [-0.1, -0.05) is 49.8 Å². The summed E-state index contributed by atoms with van der Waals surface area (Å²) in [5, 5.41) is 3.96. The average Bonchev–Trinajstić information content (AvgIpc) is 2.43. The molecule has 0 aromatic heterocycles. The van der Waals surface area contributed by atoms with Crippen LogP contribution in [0.25, 0.3) is 0 Å². The minimum absolute atomic E-state index is 0.0290. The van der Waals surface area contributed by atoms with E-state index in [1.54, 1.807) is 0 Å².